The van der Waals surface area contributed by atoms with Crippen LogP contribution in [-0.4, -0.2) is 5.78 Å². The zero-order valence-electron chi connectivity index (χ0n) is 9.08. The quantitative estimate of drug-likeness (QED) is 0.710. The summed E-state index contributed by atoms with van der Waals surface area (Å²) in [5, 5.41) is 2.12. The zero-order valence-corrected chi connectivity index (χ0v) is 9.89. The van der Waals surface area contributed by atoms with Crippen molar-refractivity contribution in [2.45, 2.75) is 44.9 Å². The van der Waals surface area contributed by atoms with Crippen molar-refractivity contribution in [1.29, 1.82) is 0 Å². The molecule has 1 aromatic rings. The molecule has 82 valence electrons. The topological polar surface area (TPSA) is 17.1 Å². The summed E-state index contributed by atoms with van der Waals surface area (Å²) in [5.41, 5.74) is 0. The van der Waals surface area contributed by atoms with Gasteiger partial charge in [0, 0.05) is 17.2 Å². The van der Waals surface area contributed by atoms with Crippen molar-refractivity contribution in [3.63, 3.8) is 0 Å². The van der Waals surface area contributed by atoms with E-state index in [1.807, 2.05) is 0 Å². The summed E-state index contributed by atoms with van der Waals surface area (Å²) in [6.07, 6.45) is 7.74. The lowest BCUT2D eigenvalue weighted by molar-refractivity contribution is -0.122. The Kier molecular flexibility index (Phi) is 3.95. The summed E-state index contributed by atoms with van der Waals surface area (Å²) < 4.78 is 0. The molecule has 0 spiro atoms. The van der Waals surface area contributed by atoms with Crippen LogP contribution < -0.4 is 0 Å². The SMILES string of the molecule is O=C1CCCCCC1CCc1cccs1. The van der Waals surface area contributed by atoms with Gasteiger partial charge in [-0.1, -0.05) is 18.9 Å². The second-order valence-corrected chi connectivity index (χ2v) is 5.41. The molecule has 1 fully saturated rings. The Morgan fingerprint density at radius 2 is 2.27 bits per heavy atom. The number of rotatable bonds is 3. The Bertz CT molecular complexity index is 302. The van der Waals surface area contributed by atoms with Crippen molar-refractivity contribution >= 4 is 17.1 Å². The van der Waals surface area contributed by atoms with Crippen LogP contribution in [-0.2, 0) is 11.2 Å². The van der Waals surface area contributed by atoms with Gasteiger partial charge in [-0.15, -0.1) is 11.3 Å². The van der Waals surface area contributed by atoms with Crippen molar-refractivity contribution in [1.82, 2.24) is 0 Å². The molecule has 0 aromatic carbocycles. The molecule has 1 unspecified atom stereocenters. The fourth-order valence-electron chi connectivity index (χ4n) is 2.31. The normalized spacial score (nSPS) is 22.7. The molecule has 0 radical (unpaired) electrons. The highest BCUT2D eigenvalue weighted by atomic mass is 32.1. The van der Waals surface area contributed by atoms with E-state index in [2.05, 4.69) is 17.5 Å². The fraction of sp³-hybridized carbons (Fsp3) is 0.615. The van der Waals surface area contributed by atoms with Crippen LogP contribution in [0.5, 0.6) is 0 Å². The van der Waals surface area contributed by atoms with Crippen LogP contribution in [0.15, 0.2) is 17.5 Å². The minimum absolute atomic E-state index is 0.356. The smallest absolute Gasteiger partial charge is 0.135 e. The highest BCUT2D eigenvalue weighted by molar-refractivity contribution is 7.09. The molecule has 2 heteroatoms. The lowest BCUT2D eigenvalue weighted by Gasteiger charge is -2.11. The van der Waals surface area contributed by atoms with Crippen molar-refractivity contribution in [2.75, 3.05) is 0 Å². The molecule has 1 saturated carbocycles. The number of ketones is 1. The monoisotopic (exact) mass is 222 g/mol. The van der Waals surface area contributed by atoms with Gasteiger partial charge in [0.05, 0.1) is 0 Å². The number of carbonyl (C=O) groups excluding carboxylic acids is 1. The summed E-state index contributed by atoms with van der Waals surface area (Å²) in [7, 11) is 0. The zero-order chi connectivity index (χ0) is 10.5. The van der Waals surface area contributed by atoms with Gasteiger partial charge in [0.15, 0.2) is 0 Å². The third-order valence-corrected chi connectivity index (χ3v) is 4.19. The maximum atomic E-state index is 11.8. The molecule has 1 aromatic heterocycles. The molecule has 0 N–H and O–H groups in total. The van der Waals surface area contributed by atoms with Crippen LogP contribution in [0.4, 0.5) is 0 Å². The minimum atomic E-state index is 0.356. The van der Waals surface area contributed by atoms with E-state index >= 15 is 0 Å². The maximum Gasteiger partial charge on any atom is 0.135 e. The van der Waals surface area contributed by atoms with Gasteiger partial charge in [-0.2, -0.15) is 0 Å². The average Bonchev–Trinajstić information content (AvgIpc) is 2.67. The van der Waals surface area contributed by atoms with Gasteiger partial charge >= 0.3 is 0 Å². The number of thiophene rings is 1. The molecule has 1 aliphatic carbocycles. The van der Waals surface area contributed by atoms with E-state index in [1.54, 1.807) is 11.3 Å². The van der Waals surface area contributed by atoms with Gasteiger partial charge in [0.2, 0.25) is 0 Å². The Labute approximate surface area is 95.5 Å². The van der Waals surface area contributed by atoms with E-state index < -0.39 is 0 Å². The fourth-order valence-corrected chi connectivity index (χ4v) is 3.03. The molecular weight excluding hydrogens is 204 g/mol. The summed E-state index contributed by atoms with van der Waals surface area (Å²) >= 11 is 1.81. The third-order valence-electron chi connectivity index (χ3n) is 3.25. The summed E-state index contributed by atoms with van der Waals surface area (Å²) in [6.45, 7) is 0. The van der Waals surface area contributed by atoms with Crippen LogP contribution in [0.25, 0.3) is 0 Å². The van der Waals surface area contributed by atoms with E-state index in [9.17, 15) is 4.79 Å². The van der Waals surface area contributed by atoms with Crippen LogP contribution in [0.3, 0.4) is 0 Å². The second kappa shape index (κ2) is 5.45. The van der Waals surface area contributed by atoms with E-state index in [1.165, 1.54) is 17.7 Å². The third kappa shape index (κ3) is 3.16. The van der Waals surface area contributed by atoms with Gasteiger partial charge in [-0.25, -0.2) is 0 Å². The van der Waals surface area contributed by atoms with E-state index in [0.29, 0.717) is 11.7 Å². The largest absolute Gasteiger partial charge is 0.299 e. The maximum absolute atomic E-state index is 11.8. The molecule has 0 amide bonds. The van der Waals surface area contributed by atoms with Crippen LogP contribution in [0.2, 0.25) is 0 Å². The Morgan fingerprint density at radius 1 is 1.33 bits per heavy atom. The molecule has 2 rings (SSSR count). The van der Waals surface area contributed by atoms with E-state index in [0.717, 1.165) is 32.1 Å². The first kappa shape index (κ1) is 10.9. The van der Waals surface area contributed by atoms with E-state index in [4.69, 9.17) is 0 Å². The Morgan fingerprint density at radius 3 is 3.07 bits per heavy atom. The predicted octanol–water partition coefficient (Wildman–Crippen LogP) is 3.83. The number of hydrogen-bond donors (Lipinski definition) is 0. The van der Waals surface area contributed by atoms with Gasteiger partial charge in [-0.3, -0.25) is 4.79 Å². The van der Waals surface area contributed by atoms with E-state index in [-0.39, 0.29) is 0 Å². The average molecular weight is 222 g/mol. The molecular formula is C13H18OS. The predicted molar refractivity (Wildman–Crippen MR) is 64.2 cm³/mol. The summed E-state index contributed by atoms with van der Waals surface area (Å²) in [6, 6.07) is 4.26. The van der Waals surface area contributed by atoms with Gasteiger partial charge in [0.25, 0.3) is 0 Å². The molecule has 0 bridgehead atoms. The minimum Gasteiger partial charge on any atom is -0.299 e. The molecule has 1 nitrogen and oxygen atoms in total. The summed E-state index contributed by atoms with van der Waals surface area (Å²) in [5.74, 6) is 0.874. The first-order valence-electron chi connectivity index (χ1n) is 5.91. The number of Topliss-reactive ketones (excluding diaryl/α,β-unsaturated/α-hetero) is 1. The van der Waals surface area contributed by atoms with Gasteiger partial charge < -0.3 is 0 Å². The van der Waals surface area contributed by atoms with Crippen LogP contribution in [0, 0.1) is 5.92 Å². The number of carbonyl (C=O) groups is 1. The lowest BCUT2D eigenvalue weighted by atomic mass is 9.93. The summed E-state index contributed by atoms with van der Waals surface area (Å²) in [4.78, 5) is 13.2. The highest BCUT2D eigenvalue weighted by Crippen LogP contribution is 2.24. The van der Waals surface area contributed by atoms with Crippen molar-refractivity contribution in [2.24, 2.45) is 5.92 Å². The van der Waals surface area contributed by atoms with Crippen molar-refractivity contribution in [3.8, 4) is 0 Å². The number of aryl methyl sites for hydroxylation is 1. The molecule has 1 atom stereocenters. The lowest BCUT2D eigenvalue weighted by Crippen LogP contribution is -2.13. The van der Waals surface area contributed by atoms with Crippen molar-refractivity contribution in [3.05, 3.63) is 22.4 Å². The molecule has 15 heavy (non-hydrogen) atoms. The van der Waals surface area contributed by atoms with Crippen LogP contribution in [0.1, 0.15) is 43.4 Å². The Balaban J connectivity index is 1.84. The first-order chi connectivity index (χ1) is 7.36. The first-order valence-corrected chi connectivity index (χ1v) is 6.79. The molecule has 1 heterocycles. The number of hydrogen-bond acceptors (Lipinski definition) is 2. The van der Waals surface area contributed by atoms with Crippen LogP contribution >= 0.6 is 11.3 Å². The standard InChI is InChI=1S/C13H18OS/c14-13-7-3-1-2-5-11(13)8-9-12-6-4-10-15-12/h4,6,10-11H,1-3,5,7-9H2. The molecule has 0 aliphatic heterocycles. The van der Waals surface area contributed by atoms with Crippen molar-refractivity contribution < 1.29 is 4.79 Å². The second-order valence-electron chi connectivity index (χ2n) is 4.38. The molecule has 1 aliphatic rings. The molecule has 0 saturated heterocycles. The van der Waals surface area contributed by atoms with Gasteiger partial charge in [-0.05, 0) is 37.1 Å². The van der Waals surface area contributed by atoms with Gasteiger partial charge in [0.1, 0.15) is 5.78 Å². The highest BCUT2D eigenvalue weighted by Gasteiger charge is 2.20. The Hall–Kier alpha value is -0.630.